The smallest absolute Gasteiger partial charge is 0.327 e. The fourth-order valence-corrected chi connectivity index (χ4v) is 2.76. The molecule has 0 fully saturated rings. The summed E-state index contributed by atoms with van der Waals surface area (Å²) < 4.78 is 11.1. The van der Waals surface area contributed by atoms with Crippen LogP contribution in [0.25, 0.3) is 10.9 Å². The number of carbonyl (C=O) groups excluding carboxylic acids is 3. The molecular formula is C19H15ClN4O5S. The number of benzene rings is 1. The maximum atomic E-state index is 11.7. The molecule has 0 atom stereocenters. The number of carbonyl (C=O) groups is 3. The number of ether oxygens (including phenoxy) is 2. The maximum Gasteiger partial charge on any atom is 0.327 e. The Hall–Kier alpha value is -3.37. The number of amides is 3. The van der Waals surface area contributed by atoms with E-state index < -0.39 is 17.1 Å². The number of hydrogen-bond acceptors (Lipinski definition) is 7. The van der Waals surface area contributed by atoms with Crippen LogP contribution in [-0.2, 0) is 4.79 Å². The maximum absolute atomic E-state index is 11.7. The minimum atomic E-state index is -0.747. The van der Waals surface area contributed by atoms with Gasteiger partial charge in [-0.25, -0.2) is 9.78 Å². The second-order valence-corrected chi connectivity index (χ2v) is 6.47. The number of alkyl halides is 1. The Morgan fingerprint density at radius 3 is 2.57 bits per heavy atom. The van der Waals surface area contributed by atoms with E-state index in [1.807, 2.05) is 5.32 Å². The van der Waals surface area contributed by atoms with E-state index in [0.717, 1.165) is 0 Å². The van der Waals surface area contributed by atoms with Crippen LogP contribution >= 0.6 is 24.2 Å². The molecule has 3 amide bonds. The molecular weight excluding hydrogens is 432 g/mol. The molecule has 0 saturated carbocycles. The monoisotopic (exact) mass is 446 g/mol. The Balaban J connectivity index is 1.81. The van der Waals surface area contributed by atoms with Crippen LogP contribution in [0.4, 0.5) is 10.6 Å². The van der Waals surface area contributed by atoms with Crippen LogP contribution in [-0.4, -0.2) is 40.0 Å². The van der Waals surface area contributed by atoms with Crippen LogP contribution in [0.5, 0.6) is 17.2 Å². The third-order valence-corrected chi connectivity index (χ3v) is 4.32. The van der Waals surface area contributed by atoms with Gasteiger partial charge in [-0.3, -0.25) is 25.2 Å². The quantitative estimate of drug-likeness (QED) is 0.392. The van der Waals surface area contributed by atoms with E-state index >= 15 is 0 Å². The van der Waals surface area contributed by atoms with Crippen molar-refractivity contribution < 1.29 is 23.9 Å². The molecule has 0 aliphatic heterocycles. The molecule has 0 unspecified atom stereocenters. The molecule has 9 nitrogen and oxygen atoms in total. The molecule has 0 bridgehead atoms. The topological polar surface area (TPSA) is 120 Å². The van der Waals surface area contributed by atoms with Crippen molar-refractivity contribution in [3.63, 3.8) is 0 Å². The summed E-state index contributed by atoms with van der Waals surface area (Å²) in [6.45, 7) is 0. The van der Waals surface area contributed by atoms with Gasteiger partial charge in [0, 0.05) is 11.6 Å². The van der Waals surface area contributed by atoms with Gasteiger partial charge < -0.3 is 9.47 Å². The Morgan fingerprint density at radius 1 is 1.13 bits per heavy atom. The van der Waals surface area contributed by atoms with Crippen molar-refractivity contribution in [1.29, 1.82) is 0 Å². The van der Waals surface area contributed by atoms with Gasteiger partial charge in [0.05, 0.1) is 24.4 Å². The van der Waals surface area contributed by atoms with E-state index in [4.69, 9.17) is 21.1 Å². The second kappa shape index (κ2) is 9.42. The lowest BCUT2D eigenvalue weighted by molar-refractivity contribution is -0.117. The first kappa shape index (κ1) is 21.3. The molecule has 2 heterocycles. The zero-order chi connectivity index (χ0) is 21.7. The molecule has 0 spiro atoms. The van der Waals surface area contributed by atoms with E-state index in [9.17, 15) is 14.4 Å². The molecule has 2 aromatic heterocycles. The number of methoxy groups -OCH3 is 1. The minimum absolute atomic E-state index is 0.209. The van der Waals surface area contributed by atoms with Gasteiger partial charge in [0.25, 0.3) is 0 Å². The normalized spacial score (nSPS) is 10.4. The zero-order valence-corrected chi connectivity index (χ0v) is 17.2. The highest BCUT2D eigenvalue weighted by atomic mass is 35.5. The van der Waals surface area contributed by atoms with Gasteiger partial charge in [-0.2, -0.15) is 0 Å². The van der Waals surface area contributed by atoms with Gasteiger partial charge in [0.1, 0.15) is 28.9 Å². The molecule has 30 heavy (non-hydrogen) atoms. The number of pyridine rings is 2. The highest BCUT2D eigenvalue weighted by Crippen LogP contribution is 2.34. The number of fused-ring (bicyclic) bond motifs is 1. The Morgan fingerprint density at radius 2 is 1.93 bits per heavy atom. The second-order valence-electron chi connectivity index (χ2n) is 5.80. The van der Waals surface area contributed by atoms with E-state index in [0.29, 0.717) is 33.7 Å². The number of anilines is 1. The highest BCUT2D eigenvalue weighted by molar-refractivity contribution is 7.97. The first-order valence-electron chi connectivity index (χ1n) is 8.42. The molecule has 0 radical (unpaired) electrons. The summed E-state index contributed by atoms with van der Waals surface area (Å²) in [7, 11) is 1.45. The predicted octanol–water partition coefficient (Wildman–Crippen LogP) is 3.39. The van der Waals surface area contributed by atoms with Crippen molar-refractivity contribution in [2.24, 2.45) is 0 Å². The van der Waals surface area contributed by atoms with Gasteiger partial charge in [0.2, 0.25) is 11.0 Å². The molecule has 3 aromatic rings. The minimum Gasteiger partial charge on any atom is -0.496 e. The predicted molar refractivity (Wildman–Crippen MR) is 114 cm³/mol. The van der Waals surface area contributed by atoms with E-state index in [1.165, 1.54) is 19.4 Å². The lowest BCUT2D eigenvalue weighted by Crippen LogP contribution is -2.35. The third kappa shape index (κ3) is 4.97. The summed E-state index contributed by atoms with van der Waals surface area (Å²) in [6.07, 6.45) is 2.94. The van der Waals surface area contributed by atoms with Gasteiger partial charge >= 0.3 is 6.03 Å². The largest absolute Gasteiger partial charge is 0.496 e. The van der Waals surface area contributed by atoms with Gasteiger partial charge in [-0.05, 0) is 30.3 Å². The van der Waals surface area contributed by atoms with E-state index in [-0.39, 0.29) is 11.7 Å². The van der Waals surface area contributed by atoms with E-state index in [1.54, 1.807) is 30.5 Å². The number of imide groups is 1. The Bertz CT molecular complexity index is 1120. The third-order valence-electron chi connectivity index (χ3n) is 3.83. The average molecular weight is 447 g/mol. The standard InChI is InChI=1S/C19H15ClN4O5S/c1-28-15-7-11-13(6-12(15)18(26)30)21-5-4-14(11)29-10-2-3-16(22-9-10)23-19(27)24-17(25)8-20/h2-7,9H,8H2,1H3,(H,26,30)(H2,22,23,24,25,27). The lowest BCUT2D eigenvalue weighted by atomic mass is 10.1. The van der Waals surface area contributed by atoms with Crippen LogP contribution < -0.4 is 20.1 Å². The number of urea groups is 1. The van der Waals surface area contributed by atoms with Crippen molar-refractivity contribution >= 4 is 58.0 Å². The molecule has 1 aromatic carbocycles. The number of rotatable bonds is 6. The van der Waals surface area contributed by atoms with Crippen molar-refractivity contribution in [2.75, 3.05) is 18.3 Å². The van der Waals surface area contributed by atoms with Gasteiger partial charge in [0.15, 0.2) is 0 Å². The number of aromatic nitrogens is 2. The van der Waals surface area contributed by atoms with Crippen LogP contribution in [0.1, 0.15) is 10.4 Å². The summed E-state index contributed by atoms with van der Waals surface area (Å²) in [5.74, 6) is 0.443. The van der Waals surface area contributed by atoms with Gasteiger partial charge in [-0.1, -0.05) is 0 Å². The molecule has 0 aliphatic carbocycles. The summed E-state index contributed by atoms with van der Waals surface area (Å²) in [6, 6.07) is 7.21. The summed E-state index contributed by atoms with van der Waals surface area (Å²) in [4.78, 5) is 42.7. The van der Waals surface area contributed by atoms with Crippen molar-refractivity contribution in [1.82, 2.24) is 15.3 Å². The number of nitrogens with zero attached hydrogens (tertiary/aromatic N) is 2. The zero-order valence-electron chi connectivity index (χ0n) is 15.5. The summed E-state index contributed by atoms with van der Waals surface area (Å²) in [5.41, 5.74) is 0.818. The number of hydrogen-bond donors (Lipinski definition) is 3. The lowest BCUT2D eigenvalue weighted by Gasteiger charge is -2.12. The molecule has 0 aliphatic rings. The van der Waals surface area contributed by atoms with E-state index in [2.05, 4.69) is 27.9 Å². The molecule has 3 rings (SSSR count). The SMILES string of the molecule is COc1cc2c(Oc3ccc(NC(=O)NC(=O)CCl)nc3)ccnc2cc1C(=O)S. The Kier molecular flexibility index (Phi) is 6.70. The number of halogens is 1. The summed E-state index contributed by atoms with van der Waals surface area (Å²) >= 11 is 9.18. The first-order valence-corrected chi connectivity index (χ1v) is 9.40. The highest BCUT2D eigenvalue weighted by Gasteiger charge is 2.14. The van der Waals surface area contributed by atoms with Crippen LogP contribution in [0.2, 0.25) is 0 Å². The molecule has 154 valence electrons. The fraction of sp³-hybridized carbons (Fsp3) is 0.105. The number of thiol groups is 1. The summed E-state index contributed by atoms with van der Waals surface area (Å²) in [5, 5.41) is 4.61. The molecule has 0 saturated heterocycles. The van der Waals surface area contributed by atoms with Crippen LogP contribution in [0.3, 0.4) is 0 Å². The molecule has 11 heteroatoms. The number of nitrogens with one attached hydrogen (secondary N) is 2. The average Bonchev–Trinajstić information content (AvgIpc) is 2.74. The van der Waals surface area contributed by atoms with Gasteiger partial charge in [-0.15, -0.1) is 24.2 Å². The molecule has 2 N–H and O–H groups in total. The van der Waals surface area contributed by atoms with Crippen LogP contribution in [0.15, 0.2) is 42.7 Å². The fourth-order valence-electron chi connectivity index (χ4n) is 2.52. The Labute approximate surface area is 181 Å². The first-order chi connectivity index (χ1) is 14.4. The van der Waals surface area contributed by atoms with Crippen molar-refractivity contribution in [2.45, 2.75) is 0 Å². The van der Waals surface area contributed by atoms with Crippen LogP contribution in [0, 0.1) is 0 Å². The van der Waals surface area contributed by atoms with Crippen molar-refractivity contribution in [3.8, 4) is 17.2 Å². The van der Waals surface area contributed by atoms with Crippen molar-refractivity contribution in [3.05, 3.63) is 48.3 Å².